The van der Waals surface area contributed by atoms with Crippen LogP contribution in [0.1, 0.15) is 15.2 Å². The van der Waals surface area contributed by atoms with Crippen molar-refractivity contribution < 1.29 is 22.8 Å². The first-order valence-electron chi connectivity index (χ1n) is 10.5. The Morgan fingerprint density at radius 1 is 1.06 bits per heavy atom. The highest BCUT2D eigenvalue weighted by Gasteiger charge is 2.34. The molecule has 3 aromatic rings. The number of rotatable bonds is 8. The number of imide groups is 1. The maximum absolute atomic E-state index is 13.0. The predicted octanol–water partition coefficient (Wildman–Crippen LogP) is 4.04. The first-order chi connectivity index (χ1) is 16.8. The molecule has 3 amide bonds. The summed E-state index contributed by atoms with van der Waals surface area (Å²) in [4.78, 5) is 39.7. The minimum Gasteiger partial charge on any atom is -0.350 e. The van der Waals surface area contributed by atoms with Crippen molar-refractivity contribution in [1.29, 1.82) is 0 Å². The number of nitrogens with zero attached hydrogens (tertiary/aromatic N) is 2. The second-order valence-corrected chi connectivity index (χ2v) is 11.4. The minimum atomic E-state index is -3.88. The number of carbonyl (C=O) groups excluding carboxylic acids is 3. The largest absolute Gasteiger partial charge is 0.350 e. The van der Waals surface area contributed by atoms with Gasteiger partial charge in [0.05, 0.1) is 15.5 Å². The summed E-state index contributed by atoms with van der Waals surface area (Å²) in [6, 6.07) is 18.0. The van der Waals surface area contributed by atoms with Gasteiger partial charge in [-0.05, 0) is 59.6 Å². The van der Waals surface area contributed by atoms with Gasteiger partial charge in [-0.25, -0.2) is 8.42 Å². The number of thioether (sulfide) groups is 1. The first kappa shape index (κ1) is 24.7. The van der Waals surface area contributed by atoms with Crippen LogP contribution in [0.2, 0.25) is 0 Å². The van der Waals surface area contributed by atoms with Crippen LogP contribution in [0.15, 0.2) is 81.9 Å². The van der Waals surface area contributed by atoms with Crippen LogP contribution in [0.25, 0.3) is 6.08 Å². The molecule has 0 aliphatic carbocycles. The van der Waals surface area contributed by atoms with Crippen molar-refractivity contribution in [3.63, 3.8) is 0 Å². The maximum atomic E-state index is 13.0. The van der Waals surface area contributed by atoms with Gasteiger partial charge in [-0.2, -0.15) is 0 Å². The van der Waals surface area contributed by atoms with E-state index < -0.39 is 27.1 Å². The van der Waals surface area contributed by atoms with E-state index in [1.807, 2.05) is 17.5 Å². The summed E-state index contributed by atoms with van der Waals surface area (Å²) in [7, 11) is -2.43. The topological polar surface area (TPSA) is 104 Å². The van der Waals surface area contributed by atoms with Gasteiger partial charge < -0.3 is 5.32 Å². The molecule has 0 atom stereocenters. The van der Waals surface area contributed by atoms with Crippen molar-refractivity contribution in [1.82, 2.24) is 10.2 Å². The van der Waals surface area contributed by atoms with Crippen LogP contribution in [0.3, 0.4) is 0 Å². The lowest BCUT2D eigenvalue weighted by molar-refractivity contribution is -0.122. The first-order valence-corrected chi connectivity index (χ1v) is 13.6. The zero-order chi connectivity index (χ0) is 25.0. The molecule has 1 aliphatic rings. The highest BCUT2D eigenvalue weighted by atomic mass is 32.2. The number of hydrogen-bond donors (Lipinski definition) is 1. The molecule has 11 heteroatoms. The molecule has 1 aliphatic heterocycles. The SMILES string of the molecule is CN(c1ccccc1)S(=O)(=O)c1cccc(C(=O)NCCN2C(=O)SC(=Cc3cccs3)C2=O)c1. The van der Waals surface area contributed by atoms with Crippen LogP contribution < -0.4 is 9.62 Å². The molecule has 0 unspecified atom stereocenters. The Labute approximate surface area is 211 Å². The number of sulfonamides is 1. The summed E-state index contributed by atoms with van der Waals surface area (Å²) in [6.07, 6.45) is 1.67. The summed E-state index contributed by atoms with van der Waals surface area (Å²) in [5.41, 5.74) is 0.645. The molecular formula is C24H21N3O5S3. The van der Waals surface area contributed by atoms with Crippen molar-refractivity contribution >= 4 is 61.9 Å². The molecule has 0 saturated carbocycles. The Balaban J connectivity index is 1.39. The molecule has 1 N–H and O–H groups in total. The van der Waals surface area contributed by atoms with Crippen molar-refractivity contribution in [3.8, 4) is 0 Å². The van der Waals surface area contributed by atoms with E-state index in [0.717, 1.165) is 25.8 Å². The van der Waals surface area contributed by atoms with Crippen LogP contribution in [-0.4, -0.2) is 50.5 Å². The number of carbonyl (C=O) groups is 3. The predicted molar refractivity (Wildman–Crippen MR) is 138 cm³/mol. The molecule has 1 saturated heterocycles. The molecule has 180 valence electrons. The van der Waals surface area contributed by atoms with E-state index in [9.17, 15) is 22.8 Å². The molecule has 1 fully saturated rings. The van der Waals surface area contributed by atoms with Crippen molar-refractivity contribution in [2.24, 2.45) is 0 Å². The zero-order valence-corrected chi connectivity index (χ0v) is 21.0. The quantitative estimate of drug-likeness (QED) is 0.444. The Hall–Kier alpha value is -3.41. The third kappa shape index (κ3) is 5.47. The molecule has 0 spiro atoms. The molecule has 0 radical (unpaired) electrons. The van der Waals surface area contributed by atoms with Gasteiger partial charge in [0.1, 0.15) is 0 Å². The van der Waals surface area contributed by atoms with Gasteiger partial charge in [0.25, 0.3) is 27.1 Å². The average molecular weight is 528 g/mol. The second kappa shape index (κ2) is 10.5. The van der Waals surface area contributed by atoms with Crippen LogP contribution in [0.5, 0.6) is 0 Å². The number of thiophene rings is 1. The number of nitrogens with one attached hydrogen (secondary N) is 1. The third-order valence-corrected chi connectivity index (χ3v) is 8.69. The van der Waals surface area contributed by atoms with Gasteiger partial charge in [-0.1, -0.05) is 30.3 Å². The summed E-state index contributed by atoms with van der Waals surface area (Å²) >= 11 is 2.32. The van der Waals surface area contributed by atoms with Gasteiger partial charge in [0.2, 0.25) is 0 Å². The Bertz CT molecular complexity index is 1390. The summed E-state index contributed by atoms with van der Waals surface area (Å²) < 4.78 is 27.2. The van der Waals surface area contributed by atoms with E-state index in [0.29, 0.717) is 10.6 Å². The molecule has 0 bridgehead atoms. The van der Waals surface area contributed by atoms with E-state index in [1.165, 1.54) is 42.6 Å². The number of hydrogen-bond acceptors (Lipinski definition) is 7. The fraction of sp³-hybridized carbons (Fsp3) is 0.125. The summed E-state index contributed by atoms with van der Waals surface area (Å²) in [5.74, 6) is -0.912. The molecule has 8 nitrogen and oxygen atoms in total. The summed E-state index contributed by atoms with van der Waals surface area (Å²) in [6.45, 7) is 0.0387. The highest BCUT2D eigenvalue weighted by Crippen LogP contribution is 2.32. The fourth-order valence-corrected chi connectivity index (χ4v) is 6.14. The van der Waals surface area contributed by atoms with Gasteiger partial charge >= 0.3 is 0 Å². The Morgan fingerprint density at radius 2 is 1.83 bits per heavy atom. The minimum absolute atomic E-state index is 0.00687. The molecule has 2 aromatic carbocycles. The third-order valence-electron chi connectivity index (χ3n) is 5.19. The van der Waals surface area contributed by atoms with Crippen LogP contribution in [0.4, 0.5) is 10.5 Å². The average Bonchev–Trinajstić information content (AvgIpc) is 3.47. The van der Waals surface area contributed by atoms with Gasteiger partial charge in [-0.15, -0.1) is 11.3 Å². The van der Waals surface area contributed by atoms with Gasteiger partial charge in [0, 0.05) is 30.6 Å². The van der Waals surface area contributed by atoms with E-state index in [1.54, 1.807) is 36.4 Å². The standard InChI is InChI=1S/C24H21N3O5S3/c1-26(18-8-3-2-4-9-18)35(31,32)20-11-5-7-17(15-20)22(28)25-12-13-27-23(29)21(34-24(27)30)16-19-10-6-14-33-19/h2-11,14-16H,12-13H2,1H3,(H,25,28). The molecule has 35 heavy (non-hydrogen) atoms. The van der Waals surface area contributed by atoms with E-state index in [-0.39, 0.29) is 23.5 Å². The lowest BCUT2D eigenvalue weighted by Crippen LogP contribution is -2.37. The van der Waals surface area contributed by atoms with E-state index >= 15 is 0 Å². The van der Waals surface area contributed by atoms with Gasteiger partial charge in [-0.3, -0.25) is 23.6 Å². The number of para-hydroxylation sites is 1. The van der Waals surface area contributed by atoms with Crippen LogP contribution in [-0.2, 0) is 14.8 Å². The Kier molecular flexibility index (Phi) is 7.39. The second-order valence-electron chi connectivity index (χ2n) is 7.44. The number of anilines is 1. The maximum Gasteiger partial charge on any atom is 0.293 e. The monoisotopic (exact) mass is 527 g/mol. The highest BCUT2D eigenvalue weighted by molar-refractivity contribution is 8.18. The molecule has 4 rings (SSSR count). The molecule has 2 heterocycles. The van der Waals surface area contributed by atoms with Crippen LogP contribution >= 0.6 is 23.1 Å². The van der Waals surface area contributed by atoms with Crippen molar-refractivity contribution in [2.75, 3.05) is 24.4 Å². The van der Waals surface area contributed by atoms with E-state index in [2.05, 4.69) is 5.32 Å². The zero-order valence-electron chi connectivity index (χ0n) is 18.6. The fourth-order valence-electron chi connectivity index (χ4n) is 3.31. The summed E-state index contributed by atoms with van der Waals surface area (Å²) in [5, 5.41) is 4.13. The van der Waals surface area contributed by atoms with Crippen molar-refractivity contribution in [2.45, 2.75) is 4.90 Å². The van der Waals surface area contributed by atoms with Gasteiger partial charge in [0.15, 0.2) is 0 Å². The van der Waals surface area contributed by atoms with Crippen LogP contribution in [0, 0.1) is 0 Å². The number of amides is 3. The van der Waals surface area contributed by atoms with E-state index in [4.69, 9.17) is 0 Å². The lowest BCUT2D eigenvalue weighted by Gasteiger charge is -2.19. The number of benzene rings is 2. The van der Waals surface area contributed by atoms with Crippen molar-refractivity contribution in [3.05, 3.63) is 87.5 Å². The smallest absolute Gasteiger partial charge is 0.293 e. The molecule has 1 aromatic heterocycles. The lowest BCUT2D eigenvalue weighted by atomic mass is 10.2. The normalized spacial score (nSPS) is 15.0. The Morgan fingerprint density at radius 3 is 2.54 bits per heavy atom. The molecular weight excluding hydrogens is 506 g/mol.